The molecule has 1 aromatic heterocycles. The first-order valence-electron chi connectivity index (χ1n) is 13.6. The van der Waals surface area contributed by atoms with E-state index in [0.717, 1.165) is 18.4 Å². The van der Waals surface area contributed by atoms with Crippen LogP contribution in [0.25, 0.3) is 5.69 Å². The number of carbonyl (C=O) groups excluding carboxylic acids is 2. The molecule has 1 amide bonds. The fourth-order valence-corrected chi connectivity index (χ4v) is 5.64. The lowest BCUT2D eigenvalue weighted by Gasteiger charge is -2.29. The van der Waals surface area contributed by atoms with Crippen LogP contribution in [0.1, 0.15) is 70.8 Å². The molecule has 0 bridgehead atoms. The van der Waals surface area contributed by atoms with E-state index >= 15 is 0 Å². The number of carbonyl (C=O) groups is 2. The molecule has 0 saturated carbocycles. The first kappa shape index (κ1) is 28.3. The number of nitrogens with one attached hydrogen (secondary N) is 1. The highest BCUT2D eigenvalue weighted by Crippen LogP contribution is 2.39. The van der Waals surface area contributed by atoms with E-state index < -0.39 is 10.8 Å². The quantitative estimate of drug-likeness (QED) is 0.299. The van der Waals surface area contributed by atoms with Crippen molar-refractivity contribution in [1.82, 2.24) is 15.1 Å². The number of hydrogen-bond acceptors (Lipinski definition) is 8. The topological polar surface area (TPSA) is 135 Å². The van der Waals surface area contributed by atoms with E-state index in [9.17, 15) is 19.7 Å². The zero-order valence-corrected chi connectivity index (χ0v) is 23.7. The van der Waals surface area contributed by atoms with Gasteiger partial charge in [0.05, 0.1) is 42.2 Å². The average molecular weight is 563 g/mol. The van der Waals surface area contributed by atoms with Gasteiger partial charge in [-0.25, -0.2) is 4.68 Å². The number of ketones is 1. The van der Waals surface area contributed by atoms with Crippen molar-refractivity contribution in [2.24, 2.45) is 5.41 Å². The number of nitro groups is 1. The number of hydrogen-bond donors (Lipinski definition) is 1. The molecule has 1 atom stereocenters. The number of Topliss-reactive ketones (excluding diaryl/α,β-unsaturated/α-hetero) is 1. The molecule has 1 fully saturated rings. The van der Waals surface area contributed by atoms with Gasteiger partial charge in [0, 0.05) is 37.6 Å². The molecule has 1 aliphatic heterocycles. The van der Waals surface area contributed by atoms with Crippen molar-refractivity contribution in [2.45, 2.75) is 52.1 Å². The van der Waals surface area contributed by atoms with Crippen molar-refractivity contribution >= 4 is 17.4 Å². The Labute approximate surface area is 237 Å². The van der Waals surface area contributed by atoms with Crippen LogP contribution in [0, 0.1) is 15.5 Å². The minimum Gasteiger partial charge on any atom is -0.493 e. The van der Waals surface area contributed by atoms with Crippen molar-refractivity contribution in [3.8, 4) is 17.2 Å². The second-order valence-electron chi connectivity index (χ2n) is 11.3. The third kappa shape index (κ3) is 5.81. The molecule has 2 heterocycles. The number of methoxy groups -OCH3 is 2. The standard InChI is InChI=1S/C30H34N4O7/c1-30(2)15-24-28(25(35)16-30)21(12-18-7-10-26(39-3)27(13-18)40-4)32-33(24)22-9-8-19(14-23(22)34(37)38)29(36)31-17-20-6-5-11-41-20/h7-10,13-14,20H,5-6,11-12,15-17H2,1-4H3,(H,31,36). The van der Waals surface area contributed by atoms with Gasteiger partial charge in [0.2, 0.25) is 0 Å². The summed E-state index contributed by atoms with van der Waals surface area (Å²) in [5.74, 6) is 0.667. The lowest BCUT2D eigenvalue weighted by atomic mass is 9.75. The van der Waals surface area contributed by atoms with Crippen LogP contribution in [0.2, 0.25) is 0 Å². The van der Waals surface area contributed by atoms with E-state index in [0.29, 0.717) is 60.9 Å². The summed E-state index contributed by atoms with van der Waals surface area (Å²) in [6.45, 7) is 5.00. The van der Waals surface area contributed by atoms with Crippen LogP contribution in [-0.4, -0.2) is 59.9 Å². The zero-order chi connectivity index (χ0) is 29.3. The maximum atomic E-state index is 13.4. The second-order valence-corrected chi connectivity index (χ2v) is 11.3. The first-order chi connectivity index (χ1) is 19.6. The highest BCUT2D eigenvalue weighted by atomic mass is 16.6. The van der Waals surface area contributed by atoms with Gasteiger partial charge in [0.1, 0.15) is 5.69 Å². The highest BCUT2D eigenvalue weighted by molar-refractivity contribution is 6.00. The predicted octanol–water partition coefficient (Wildman–Crippen LogP) is 4.45. The van der Waals surface area contributed by atoms with Crippen LogP contribution in [-0.2, 0) is 17.6 Å². The van der Waals surface area contributed by atoms with Gasteiger partial charge in [-0.05, 0) is 54.5 Å². The monoisotopic (exact) mass is 562 g/mol. The van der Waals surface area contributed by atoms with Gasteiger partial charge < -0.3 is 19.5 Å². The van der Waals surface area contributed by atoms with Gasteiger partial charge in [-0.1, -0.05) is 19.9 Å². The van der Waals surface area contributed by atoms with E-state index in [-0.39, 0.29) is 34.2 Å². The van der Waals surface area contributed by atoms with Crippen LogP contribution in [0.15, 0.2) is 36.4 Å². The SMILES string of the molecule is COc1ccc(Cc2nn(-c3ccc(C(=O)NCC4CCCO4)cc3[N+](=O)[O-])c3c2C(=O)CC(C)(C)C3)cc1OC. The molecular formula is C30H34N4O7. The summed E-state index contributed by atoms with van der Waals surface area (Å²) in [5, 5.41) is 19.8. The number of nitro benzene ring substituents is 1. The van der Waals surface area contributed by atoms with Crippen LogP contribution < -0.4 is 14.8 Å². The Morgan fingerprint density at radius 2 is 1.95 bits per heavy atom. The van der Waals surface area contributed by atoms with Crippen molar-refractivity contribution < 1.29 is 28.7 Å². The van der Waals surface area contributed by atoms with E-state index in [4.69, 9.17) is 19.3 Å². The smallest absolute Gasteiger partial charge is 0.295 e. The van der Waals surface area contributed by atoms with E-state index in [2.05, 4.69) is 5.32 Å². The summed E-state index contributed by atoms with van der Waals surface area (Å²) in [5.41, 5.74) is 2.24. The number of aromatic nitrogens is 2. The highest BCUT2D eigenvalue weighted by Gasteiger charge is 2.38. The fourth-order valence-electron chi connectivity index (χ4n) is 5.64. The third-order valence-corrected chi connectivity index (χ3v) is 7.61. The van der Waals surface area contributed by atoms with Crippen molar-refractivity contribution in [1.29, 1.82) is 0 Å². The molecular weight excluding hydrogens is 528 g/mol. The summed E-state index contributed by atoms with van der Waals surface area (Å²) in [7, 11) is 3.11. The molecule has 5 rings (SSSR count). The van der Waals surface area contributed by atoms with Gasteiger partial charge in [0.25, 0.3) is 11.6 Å². The Kier molecular flexibility index (Phi) is 7.81. The maximum absolute atomic E-state index is 13.4. The fraction of sp³-hybridized carbons (Fsp3) is 0.433. The molecule has 216 valence electrons. The Morgan fingerprint density at radius 3 is 2.63 bits per heavy atom. The molecule has 3 aromatic rings. The molecule has 11 heteroatoms. The molecule has 2 aliphatic rings. The zero-order valence-electron chi connectivity index (χ0n) is 23.7. The minimum atomic E-state index is -0.524. The lowest BCUT2D eigenvalue weighted by Crippen LogP contribution is -2.31. The number of fused-ring (bicyclic) bond motifs is 1. The molecule has 1 saturated heterocycles. The molecule has 41 heavy (non-hydrogen) atoms. The van der Waals surface area contributed by atoms with E-state index in [1.165, 1.54) is 16.8 Å². The summed E-state index contributed by atoms with van der Waals surface area (Å²) in [6.07, 6.45) is 2.94. The first-order valence-corrected chi connectivity index (χ1v) is 13.6. The Morgan fingerprint density at radius 1 is 1.17 bits per heavy atom. The van der Waals surface area contributed by atoms with Gasteiger partial charge in [-0.2, -0.15) is 5.10 Å². The Hall–Kier alpha value is -4.25. The van der Waals surface area contributed by atoms with Crippen LogP contribution in [0.3, 0.4) is 0 Å². The number of ether oxygens (including phenoxy) is 3. The lowest BCUT2D eigenvalue weighted by molar-refractivity contribution is -0.384. The number of nitrogens with zero attached hydrogens (tertiary/aromatic N) is 3. The molecule has 11 nitrogen and oxygen atoms in total. The molecule has 1 aliphatic carbocycles. The Balaban J connectivity index is 1.54. The van der Waals surface area contributed by atoms with Gasteiger partial charge in [-0.3, -0.25) is 19.7 Å². The number of amides is 1. The maximum Gasteiger partial charge on any atom is 0.295 e. The second kappa shape index (κ2) is 11.3. The minimum absolute atomic E-state index is 0.0474. The number of rotatable bonds is 9. The largest absolute Gasteiger partial charge is 0.493 e. The Bertz CT molecular complexity index is 1500. The number of benzene rings is 2. The molecule has 2 aromatic carbocycles. The van der Waals surface area contributed by atoms with Crippen LogP contribution in [0.5, 0.6) is 11.5 Å². The van der Waals surface area contributed by atoms with Gasteiger partial charge >= 0.3 is 0 Å². The summed E-state index contributed by atoms with van der Waals surface area (Å²) >= 11 is 0. The molecule has 0 radical (unpaired) electrons. The normalized spacial score (nSPS) is 17.7. The summed E-state index contributed by atoms with van der Waals surface area (Å²) < 4.78 is 17.8. The summed E-state index contributed by atoms with van der Waals surface area (Å²) in [4.78, 5) is 38.0. The summed E-state index contributed by atoms with van der Waals surface area (Å²) in [6, 6.07) is 9.82. The predicted molar refractivity (Wildman–Crippen MR) is 150 cm³/mol. The molecule has 1 N–H and O–H groups in total. The van der Waals surface area contributed by atoms with Crippen molar-refractivity contribution in [2.75, 3.05) is 27.4 Å². The molecule has 0 spiro atoms. The van der Waals surface area contributed by atoms with Gasteiger partial charge in [0.15, 0.2) is 17.3 Å². The van der Waals surface area contributed by atoms with Crippen LogP contribution >= 0.6 is 0 Å². The average Bonchev–Trinajstić information content (AvgIpc) is 3.58. The van der Waals surface area contributed by atoms with E-state index in [1.54, 1.807) is 26.4 Å². The van der Waals surface area contributed by atoms with Crippen LogP contribution in [0.4, 0.5) is 5.69 Å². The van der Waals surface area contributed by atoms with Gasteiger partial charge in [-0.15, -0.1) is 0 Å². The van der Waals surface area contributed by atoms with Crippen molar-refractivity contribution in [3.63, 3.8) is 0 Å². The molecule has 1 unspecified atom stereocenters. The van der Waals surface area contributed by atoms with E-state index in [1.807, 2.05) is 26.0 Å². The van der Waals surface area contributed by atoms with Crippen molar-refractivity contribution in [3.05, 3.63) is 74.6 Å². The third-order valence-electron chi connectivity index (χ3n) is 7.61.